The minimum atomic E-state index is -4.37. The Labute approximate surface area is 91.0 Å². The number of hydrogen-bond acceptors (Lipinski definition) is 3. The third kappa shape index (κ3) is 5.32. The molecule has 1 atom stereocenters. The normalized spacial score (nSPS) is 21.6. The van der Waals surface area contributed by atoms with Crippen molar-refractivity contribution in [1.82, 2.24) is 4.90 Å². The second-order valence-corrected chi connectivity index (χ2v) is 3.91. The van der Waals surface area contributed by atoms with Gasteiger partial charge in [-0.3, -0.25) is 9.69 Å². The average Bonchev–Trinajstić information content (AvgIpc) is 2.51. The van der Waals surface area contributed by atoms with E-state index in [-0.39, 0.29) is 12.5 Å². The van der Waals surface area contributed by atoms with Crippen molar-refractivity contribution < 1.29 is 27.8 Å². The first-order chi connectivity index (χ1) is 7.37. The number of nitrogens with zero attached hydrogens (tertiary/aromatic N) is 1. The lowest BCUT2D eigenvalue weighted by molar-refractivity contribution is -0.154. The zero-order valence-electron chi connectivity index (χ0n) is 8.66. The van der Waals surface area contributed by atoms with Crippen LogP contribution in [0, 0.1) is 5.92 Å². The van der Waals surface area contributed by atoms with Crippen LogP contribution >= 0.6 is 0 Å². The molecule has 0 amide bonds. The Bertz CT molecular complexity index is 239. The van der Waals surface area contributed by atoms with E-state index in [2.05, 4.69) is 0 Å². The third-order valence-electron chi connectivity index (χ3n) is 2.30. The first kappa shape index (κ1) is 13.2. The van der Waals surface area contributed by atoms with Crippen LogP contribution in [0.15, 0.2) is 0 Å². The highest BCUT2D eigenvalue weighted by molar-refractivity contribution is 5.69. The lowest BCUT2D eigenvalue weighted by Gasteiger charge is -2.24. The van der Waals surface area contributed by atoms with Crippen molar-refractivity contribution in [2.45, 2.75) is 12.6 Å². The zero-order chi connectivity index (χ0) is 12.2. The molecule has 0 aliphatic carbocycles. The van der Waals surface area contributed by atoms with Crippen molar-refractivity contribution in [3.05, 3.63) is 0 Å². The quantitative estimate of drug-likeness (QED) is 0.779. The van der Waals surface area contributed by atoms with Gasteiger partial charge < -0.3 is 9.84 Å². The van der Waals surface area contributed by atoms with Gasteiger partial charge in [-0.2, -0.15) is 13.2 Å². The van der Waals surface area contributed by atoms with Crippen molar-refractivity contribution >= 4 is 5.97 Å². The Balaban J connectivity index is 2.45. The fourth-order valence-electron chi connectivity index (χ4n) is 1.72. The molecular weight excluding hydrogens is 227 g/mol. The molecule has 1 rings (SSSR count). The van der Waals surface area contributed by atoms with Crippen LogP contribution in [0.25, 0.3) is 0 Å². The maximum Gasteiger partial charge on any atom is 0.401 e. The summed E-state index contributed by atoms with van der Waals surface area (Å²) in [6.07, 6.45) is -3.68. The highest BCUT2D eigenvalue weighted by atomic mass is 19.4. The summed E-state index contributed by atoms with van der Waals surface area (Å²) in [4.78, 5) is 11.3. The minimum absolute atomic E-state index is 0.00157. The lowest BCUT2D eigenvalue weighted by Crippen LogP contribution is -2.40. The second-order valence-electron chi connectivity index (χ2n) is 3.91. The summed E-state index contributed by atoms with van der Waals surface area (Å²) in [5.74, 6) is -1.25. The third-order valence-corrected chi connectivity index (χ3v) is 2.30. The number of ether oxygens (including phenoxy) is 1. The molecule has 0 saturated carbocycles. The van der Waals surface area contributed by atoms with Crippen LogP contribution in [0.3, 0.4) is 0 Å². The second kappa shape index (κ2) is 5.49. The molecule has 7 heteroatoms. The zero-order valence-corrected chi connectivity index (χ0v) is 8.66. The van der Waals surface area contributed by atoms with Gasteiger partial charge in [0.15, 0.2) is 0 Å². The number of alkyl halides is 3. The molecule has 1 unspecified atom stereocenters. The Kier molecular flexibility index (Phi) is 4.55. The minimum Gasteiger partial charge on any atom is -0.480 e. The predicted octanol–water partition coefficient (Wildman–Crippen LogP) is 0.972. The van der Waals surface area contributed by atoms with Gasteiger partial charge in [0.25, 0.3) is 0 Å². The van der Waals surface area contributed by atoms with E-state index < -0.39 is 25.2 Å². The summed E-state index contributed by atoms with van der Waals surface area (Å²) in [5, 5.41) is 8.51. The van der Waals surface area contributed by atoms with Crippen LogP contribution in [0.5, 0.6) is 0 Å². The van der Waals surface area contributed by atoms with Gasteiger partial charge in [0.2, 0.25) is 0 Å². The fourth-order valence-corrected chi connectivity index (χ4v) is 1.72. The van der Waals surface area contributed by atoms with E-state index in [0.717, 1.165) is 4.90 Å². The topological polar surface area (TPSA) is 49.8 Å². The van der Waals surface area contributed by atoms with Gasteiger partial charge in [0, 0.05) is 13.2 Å². The van der Waals surface area contributed by atoms with Crippen LogP contribution in [-0.2, 0) is 9.53 Å². The van der Waals surface area contributed by atoms with Crippen LogP contribution in [0.1, 0.15) is 6.42 Å². The molecule has 0 aromatic heterocycles. The number of aliphatic carboxylic acids is 1. The van der Waals surface area contributed by atoms with E-state index in [1.807, 2.05) is 0 Å². The van der Waals surface area contributed by atoms with Gasteiger partial charge >= 0.3 is 12.1 Å². The van der Waals surface area contributed by atoms with Gasteiger partial charge in [0.1, 0.15) is 0 Å². The summed E-state index contributed by atoms with van der Waals surface area (Å²) < 4.78 is 41.5. The molecule has 16 heavy (non-hydrogen) atoms. The van der Waals surface area contributed by atoms with Crippen molar-refractivity contribution in [2.75, 3.05) is 32.8 Å². The van der Waals surface area contributed by atoms with Gasteiger partial charge in [-0.1, -0.05) is 0 Å². The maximum atomic E-state index is 12.2. The Morgan fingerprint density at radius 1 is 1.50 bits per heavy atom. The maximum absolute atomic E-state index is 12.2. The molecule has 1 heterocycles. The van der Waals surface area contributed by atoms with E-state index in [4.69, 9.17) is 9.84 Å². The molecule has 1 aliphatic heterocycles. The van der Waals surface area contributed by atoms with Gasteiger partial charge in [0.05, 0.1) is 19.7 Å². The number of carboxylic acid groups (broad SMARTS) is 1. The molecule has 0 radical (unpaired) electrons. The van der Waals surface area contributed by atoms with E-state index in [0.29, 0.717) is 19.6 Å². The van der Waals surface area contributed by atoms with Crippen LogP contribution in [-0.4, -0.2) is 55.0 Å². The van der Waals surface area contributed by atoms with Gasteiger partial charge in [-0.15, -0.1) is 0 Å². The molecule has 1 saturated heterocycles. The lowest BCUT2D eigenvalue weighted by atomic mass is 10.1. The van der Waals surface area contributed by atoms with Crippen molar-refractivity contribution in [3.63, 3.8) is 0 Å². The monoisotopic (exact) mass is 241 g/mol. The molecule has 0 aromatic rings. The molecule has 0 bridgehead atoms. The highest BCUT2D eigenvalue weighted by Gasteiger charge is 2.33. The van der Waals surface area contributed by atoms with E-state index in [1.165, 1.54) is 0 Å². The number of halogens is 3. The summed E-state index contributed by atoms with van der Waals surface area (Å²) in [6, 6.07) is 0. The van der Waals surface area contributed by atoms with Crippen molar-refractivity contribution in [2.24, 2.45) is 5.92 Å². The predicted molar refractivity (Wildman–Crippen MR) is 49.1 cm³/mol. The standard InChI is InChI=1S/C9H14F3NO3/c10-9(11,12)6-13(4-8(14)15)3-7-1-2-16-5-7/h7H,1-6H2,(H,14,15). The van der Waals surface area contributed by atoms with Gasteiger partial charge in [-0.25, -0.2) is 0 Å². The Morgan fingerprint density at radius 3 is 2.62 bits per heavy atom. The van der Waals surface area contributed by atoms with E-state index in [9.17, 15) is 18.0 Å². The summed E-state index contributed by atoms with van der Waals surface area (Å²) in [6.45, 7) is -0.705. The van der Waals surface area contributed by atoms with Gasteiger partial charge in [-0.05, 0) is 12.3 Å². The summed E-state index contributed by atoms with van der Waals surface area (Å²) in [5.41, 5.74) is 0. The number of carbonyl (C=O) groups is 1. The highest BCUT2D eigenvalue weighted by Crippen LogP contribution is 2.19. The summed E-state index contributed by atoms with van der Waals surface area (Å²) in [7, 11) is 0. The molecule has 94 valence electrons. The SMILES string of the molecule is O=C(O)CN(CC1CCOC1)CC(F)(F)F. The smallest absolute Gasteiger partial charge is 0.401 e. The molecule has 1 aliphatic rings. The first-order valence-corrected chi connectivity index (χ1v) is 4.95. The van der Waals surface area contributed by atoms with Crippen molar-refractivity contribution in [3.8, 4) is 0 Å². The fraction of sp³-hybridized carbons (Fsp3) is 0.889. The molecule has 1 fully saturated rings. The first-order valence-electron chi connectivity index (χ1n) is 4.95. The Morgan fingerprint density at radius 2 is 2.19 bits per heavy atom. The van der Waals surface area contributed by atoms with E-state index in [1.54, 1.807) is 0 Å². The molecule has 0 spiro atoms. The van der Waals surface area contributed by atoms with E-state index >= 15 is 0 Å². The molecule has 4 nitrogen and oxygen atoms in total. The largest absolute Gasteiger partial charge is 0.480 e. The Hall–Kier alpha value is -0.820. The molecular formula is C9H14F3NO3. The van der Waals surface area contributed by atoms with Crippen LogP contribution in [0.4, 0.5) is 13.2 Å². The number of hydrogen-bond donors (Lipinski definition) is 1. The molecule has 0 aromatic carbocycles. The molecule has 1 N–H and O–H groups in total. The van der Waals surface area contributed by atoms with Crippen LogP contribution < -0.4 is 0 Å². The van der Waals surface area contributed by atoms with Crippen LogP contribution in [0.2, 0.25) is 0 Å². The van der Waals surface area contributed by atoms with Crippen molar-refractivity contribution in [1.29, 1.82) is 0 Å². The average molecular weight is 241 g/mol. The summed E-state index contributed by atoms with van der Waals surface area (Å²) >= 11 is 0. The number of carboxylic acids is 1. The number of rotatable bonds is 5.